The van der Waals surface area contributed by atoms with Crippen molar-refractivity contribution in [3.63, 3.8) is 0 Å². The first-order valence-electron chi connectivity index (χ1n) is 11.6. The van der Waals surface area contributed by atoms with E-state index in [2.05, 4.69) is 15.3 Å². The van der Waals surface area contributed by atoms with Gasteiger partial charge < -0.3 is 9.30 Å². The third-order valence-electron chi connectivity index (χ3n) is 5.01. The fourth-order valence-corrected chi connectivity index (χ4v) is 4.41. The molecule has 0 aliphatic carbocycles. The molecule has 2 heterocycles. The predicted octanol–water partition coefficient (Wildman–Crippen LogP) is 5.16. The molecule has 3 aromatic rings. The molecule has 3 rings (SSSR count). The van der Waals surface area contributed by atoms with Crippen LogP contribution in [0.25, 0.3) is 11.2 Å². The number of aromatic nitrogens is 3. The number of hydrogen-bond donors (Lipinski definition) is 2. The van der Waals surface area contributed by atoms with Gasteiger partial charge in [0.05, 0.1) is 6.54 Å². The monoisotopic (exact) mass is 547 g/mol. The van der Waals surface area contributed by atoms with E-state index in [1.807, 2.05) is 11.6 Å². The Morgan fingerprint density at radius 3 is 2.54 bits per heavy atom. The molecule has 2 N–H and O–H groups in total. The molecule has 0 radical (unpaired) electrons. The third kappa shape index (κ3) is 7.77. The van der Waals surface area contributed by atoms with Crippen LogP contribution in [0.1, 0.15) is 62.4 Å². The fraction of sp³-hybridized carbons (Fsp3) is 0.360. The molecule has 2 amide bonds. The minimum absolute atomic E-state index is 0.0656. The van der Waals surface area contributed by atoms with Crippen molar-refractivity contribution in [2.24, 2.45) is 0 Å². The summed E-state index contributed by atoms with van der Waals surface area (Å²) in [5, 5.41) is 4.02. The lowest BCUT2D eigenvalue weighted by Crippen LogP contribution is -2.29. The first-order valence-corrected chi connectivity index (χ1v) is 13.6. The highest BCUT2D eigenvalue weighted by Gasteiger charge is 2.19. The molecule has 1 aromatic carbocycles. The largest absolute Gasteiger partial charge is 0.444 e. The van der Waals surface area contributed by atoms with Crippen molar-refractivity contribution in [2.75, 3.05) is 5.32 Å². The molecule has 0 spiro atoms. The van der Waals surface area contributed by atoms with Crippen LogP contribution in [-0.4, -0.2) is 40.6 Å². The van der Waals surface area contributed by atoms with E-state index in [4.69, 9.17) is 16.3 Å². The van der Waals surface area contributed by atoms with Crippen LogP contribution in [0.15, 0.2) is 41.8 Å². The number of unbranched alkanes of at least 4 members (excludes halogenated alkanes) is 1. The second-order valence-electron chi connectivity index (χ2n) is 9.35. The van der Waals surface area contributed by atoms with Gasteiger partial charge in [-0.25, -0.2) is 27.9 Å². The Kier molecular flexibility index (Phi) is 8.60. The smallest absolute Gasteiger partial charge is 0.412 e. The van der Waals surface area contributed by atoms with Crippen molar-refractivity contribution in [1.82, 2.24) is 19.3 Å². The van der Waals surface area contributed by atoms with Gasteiger partial charge in [0.15, 0.2) is 5.65 Å². The van der Waals surface area contributed by atoms with Crippen molar-refractivity contribution in [1.29, 1.82) is 0 Å². The number of carbonyl (C=O) groups is 2. The number of carbonyl (C=O) groups excluding carboxylic acids is 2. The molecule has 0 aliphatic rings. The predicted molar refractivity (Wildman–Crippen MR) is 143 cm³/mol. The highest BCUT2D eigenvalue weighted by atomic mass is 35.5. The minimum atomic E-state index is -3.94. The lowest BCUT2D eigenvalue weighted by atomic mass is 10.2. The van der Waals surface area contributed by atoms with Gasteiger partial charge in [0.25, 0.3) is 15.9 Å². The Bertz CT molecular complexity index is 1460. The number of nitrogens with zero attached hydrogens (tertiary/aromatic N) is 3. The van der Waals surface area contributed by atoms with E-state index in [0.29, 0.717) is 34.1 Å². The number of halogens is 1. The van der Waals surface area contributed by atoms with Crippen molar-refractivity contribution in [3.8, 4) is 0 Å². The molecule has 0 saturated heterocycles. The van der Waals surface area contributed by atoms with Gasteiger partial charge >= 0.3 is 6.09 Å². The Morgan fingerprint density at radius 1 is 1.16 bits per heavy atom. The number of nitrogens with one attached hydrogen (secondary N) is 2. The first kappa shape index (κ1) is 28.1. The molecule has 0 atom stereocenters. The van der Waals surface area contributed by atoms with Crippen molar-refractivity contribution < 1.29 is 22.7 Å². The molecular formula is C25H30ClN5O5S. The van der Waals surface area contributed by atoms with Crippen LogP contribution in [0.2, 0.25) is 5.02 Å². The Morgan fingerprint density at radius 2 is 1.89 bits per heavy atom. The number of aryl methyl sites for hydroxylation is 1. The number of hydrogen-bond acceptors (Lipinski definition) is 7. The summed E-state index contributed by atoms with van der Waals surface area (Å²) in [5.74, 6) is -0.216. The number of rotatable bonds is 8. The summed E-state index contributed by atoms with van der Waals surface area (Å²) >= 11 is 6.49. The molecule has 0 saturated carbocycles. The summed E-state index contributed by atoms with van der Waals surface area (Å²) in [6, 6.07) is 8.09. The Balaban J connectivity index is 1.83. The number of imidazole rings is 1. The summed E-state index contributed by atoms with van der Waals surface area (Å²) < 4.78 is 33.3. The van der Waals surface area contributed by atoms with E-state index < -0.39 is 27.6 Å². The number of ether oxygens (including phenoxy) is 1. The summed E-state index contributed by atoms with van der Waals surface area (Å²) in [6.45, 7) is 9.30. The number of amides is 2. The second kappa shape index (κ2) is 11.3. The number of benzene rings is 1. The van der Waals surface area contributed by atoms with Crippen molar-refractivity contribution in [3.05, 3.63) is 63.9 Å². The minimum Gasteiger partial charge on any atom is -0.444 e. The molecule has 198 valence electrons. The first-order chi connectivity index (χ1) is 17.3. The van der Waals surface area contributed by atoms with E-state index in [-0.39, 0.29) is 12.2 Å². The maximum Gasteiger partial charge on any atom is 0.412 e. The summed E-state index contributed by atoms with van der Waals surface area (Å²) in [7, 11) is -3.94. The van der Waals surface area contributed by atoms with E-state index in [1.54, 1.807) is 56.5 Å². The quantitative estimate of drug-likeness (QED) is 0.398. The highest BCUT2D eigenvalue weighted by molar-refractivity contribution is 7.92. The van der Waals surface area contributed by atoms with Gasteiger partial charge in [-0.1, -0.05) is 37.1 Å². The Hall–Kier alpha value is -3.44. The van der Waals surface area contributed by atoms with Crippen LogP contribution in [0.4, 0.5) is 10.5 Å². The second-order valence-corrected chi connectivity index (χ2v) is 11.3. The SMILES string of the molecule is CCCC=CS(=O)(=O)NC(=O)c1ccc2nc(C)n(Cc3ccc(NC(=O)OC(C)(C)C)cc3Cl)c2n1. The van der Waals surface area contributed by atoms with Crippen LogP contribution in [0.3, 0.4) is 0 Å². The molecule has 0 unspecified atom stereocenters. The summed E-state index contributed by atoms with van der Waals surface area (Å²) in [4.78, 5) is 33.5. The molecular weight excluding hydrogens is 518 g/mol. The zero-order chi connectivity index (χ0) is 27.4. The van der Waals surface area contributed by atoms with Gasteiger partial charge in [-0.3, -0.25) is 10.1 Å². The van der Waals surface area contributed by atoms with Gasteiger partial charge in [-0.2, -0.15) is 0 Å². The average molecular weight is 548 g/mol. The van der Waals surface area contributed by atoms with Crippen LogP contribution in [-0.2, 0) is 21.3 Å². The van der Waals surface area contributed by atoms with Gasteiger partial charge in [0, 0.05) is 16.1 Å². The van der Waals surface area contributed by atoms with E-state index >= 15 is 0 Å². The lowest BCUT2D eigenvalue weighted by molar-refractivity contribution is 0.0635. The molecule has 0 aliphatic heterocycles. The molecule has 37 heavy (non-hydrogen) atoms. The number of allylic oxidation sites excluding steroid dienone is 1. The standard InChI is InChI=1S/C25H30ClN5O5S/c1-6-7-8-13-37(34,35)30-23(32)21-12-11-20-22(29-21)31(16(2)27-20)15-17-9-10-18(14-19(17)26)28-24(33)36-25(3,4)5/h8-14H,6-7,15H2,1-5H3,(H,28,33)(H,30,32). The fourth-order valence-electron chi connectivity index (χ4n) is 3.35. The third-order valence-corrected chi connectivity index (χ3v) is 6.38. The van der Waals surface area contributed by atoms with Gasteiger partial charge in [0.2, 0.25) is 0 Å². The molecule has 12 heteroatoms. The van der Waals surface area contributed by atoms with Crippen LogP contribution in [0.5, 0.6) is 0 Å². The Labute approximate surface area is 221 Å². The van der Waals surface area contributed by atoms with E-state index in [1.165, 1.54) is 12.1 Å². The number of fused-ring (bicyclic) bond motifs is 1. The summed E-state index contributed by atoms with van der Waals surface area (Å²) in [5.41, 5.74) is 1.44. The average Bonchev–Trinajstić information content (AvgIpc) is 3.08. The molecule has 0 fully saturated rings. The van der Waals surface area contributed by atoms with Gasteiger partial charge in [0.1, 0.15) is 22.6 Å². The van der Waals surface area contributed by atoms with Crippen molar-refractivity contribution >= 4 is 50.5 Å². The number of sulfonamides is 1. The normalized spacial score (nSPS) is 12.2. The lowest BCUT2D eigenvalue weighted by Gasteiger charge is -2.20. The van der Waals surface area contributed by atoms with Crippen molar-refractivity contribution in [2.45, 2.75) is 59.6 Å². The zero-order valence-corrected chi connectivity index (χ0v) is 22.9. The maximum atomic E-state index is 12.6. The van der Waals surface area contributed by atoms with Crippen LogP contribution >= 0.6 is 11.6 Å². The zero-order valence-electron chi connectivity index (χ0n) is 21.3. The molecule has 2 aromatic heterocycles. The van der Waals surface area contributed by atoms with Crippen LogP contribution in [0, 0.1) is 6.92 Å². The molecule has 10 nitrogen and oxygen atoms in total. The number of pyridine rings is 1. The molecule has 0 bridgehead atoms. The van der Waals surface area contributed by atoms with E-state index in [0.717, 1.165) is 17.4 Å². The van der Waals surface area contributed by atoms with Crippen LogP contribution < -0.4 is 10.0 Å². The number of anilines is 1. The van der Waals surface area contributed by atoms with E-state index in [9.17, 15) is 18.0 Å². The maximum absolute atomic E-state index is 12.6. The topological polar surface area (TPSA) is 132 Å². The van der Waals surface area contributed by atoms with Gasteiger partial charge in [-0.15, -0.1) is 0 Å². The summed E-state index contributed by atoms with van der Waals surface area (Å²) in [6.07, 6.45) is 2.26. The van der Waals surface area contributed by atoms with Gasteiger partial charge in [-0.05, 0) is 63.9 Å². The highest BCUT2D eigenvalue weighted by Crippen LogP contribution is 2.25.